The van der Waals surface area contributed by atoms with Crippen molar-refractivity contribution in [2.24, 2.45) is 0 Å². The third-order valence-corrected chi connectivity index (χ3v) is 1.90. The van der Waals surface area contributed by atoms with Gasteiger partial charge in [-0.2, -0.15) is 0 Å². The van der Waals surface area contributed by atoms with Crippen molar-refractivity contribution in [1.29, 1.82) is 0 Å². The van der Waals surface area contributed by atoms with Crippen molar-refractivity contribution in [1.82, 2.24) is 0 Å². The molecule has 1 rings (SSSR count). The van der Waals surface area contributed by atoms with E-state index >= 15 is 0 Å². The number of ether oxygens (including phenoxy) is 1. The van der Waals surface area contributed by atoms with E-state index in [9.17, 15) is 4.79 Å². The van der Waals surface area contributed by atoms with Gasteiger partial charge in [-0.1, -0.05) is 18.7 Å². The summed E-state index contributed by atoms with van der Waals surface area (Å²) in [7, 11) is 1.54. The SMILES string of the molecule is C=C(OC)c1ccc(C(=O)Cl)cc1. The van der Waals surface area contributed by atoms with Crippen LogP contribution in [-0.4, -0.2) is 12.4 Å². The summed E-state index contributed by atoms with van der Waals surface area (Å²) in [5.74, 6) is 0.563. The maximum absolute atomic E-state index is 10.7. The molecule has 1 aromatic carbocycles. The Morgan fingerprint density at radius 2 is 1.77 bits per heavy atom. The van der Waals surface area contributed by atoms with Gasteiger partial charge < -0.3 is 4.74 Å². The predicted molar refractivity (Wildman–Crippen MR) is 52.7 cm³/mol. The first-order chi connectivity index (χ1) is 6.15. The van der Waals surface area contributed by atoms with Crippen LogP contribution >= 0.6 is 11.6 Å². The Morgan fingerprint density at radius 1 is 1.31 bits per heavy atom. The Hall–Kier alpha value is -1.28. The van der Waals surface area contributed by atoms with E-state index in [2.05, 4.69) is 6.58 Å². The van der Waals surface area contributed by atoms with Crippen LogP contribution in [0, 0.1) is 0 Å². The molecule has 0 saturated carbocycles. The molecule has 0 aliphatic carbocycles. The summed E-state index contributed by atoms with van der Waals surface area (Å²) in [4.78, 5) is 10.7. The molecule has 2 nitrogen and oxygen atoms in total. The van der Waals surface area contributed by atoms with Gasteiger partial charge in [-0.05, 0) is 23.7 Å². The Balaban J connectivity index is 2.93. The fourth-order valence-corrected chi connectivity index (χ4v) is 1.03. The van der Waals surface area contributed by atoms with Crippen molar-refractivity contribution in [3.63, 3.8) is 0 Å². The molecule has 0 amide bonds. The summed E-state index contributed by atoms with van der Waals surface area (Å²) in [5.41, 5.74) is 1.30. The summed E-state index contributed by atoms with van der Waals surface area (Å²) in [6.07, 6.45) is 0. The second-order valence-corrected chi connectivity index (χ2v) is 2.82. The first-order valence-electron chi connectivity index (χ1n) is 3.68. The van der Waals surface area contributed by atoms with Crippen LogP contribution in [0.4, 0.5) is 0 Å². The summed E-state index contributed by atoms with van der Waals surface area (Å²) < 4.78 is 4.92. The van der Waals surface area contributed by atoms with Gasteiger partial charge in [0.25, 0.3) is 5.24 Å². The van der Waals surface area contributed by atoms with E-state index < -0.39 is 5.24 Å². The van der Waals surface area contributed by atoms with E-state index in [1.807, 2.05) is 0 Å². The van der Waals surface area contributed by atoms with Gasteiger partial charge in [0.05, 0.1) is 7.11 Å². The average molecular weight is 197 g/mol. The quantitative estimate of drug-likeness (QED) is 0.549. The Kier molecular flexibility index (Phi) is 3.09. The summed E-state index contributed by atoms with van der Waals surface area (Å²) >= 11 is 5.28. The summed E-state index contributed by atoms with van der Waals surface area (Å²) in [6.45, 7) is 3.68. The fourth-order valence-electron chi connectivity index (χ4n) is 0.905. The second-order valence-electron chi connectivity index (χ2n) is 2.48. The zero-order valence-corrected chi connectivity index (χ0v) is 7.97. The molecule has 0 N–H and O–H groups in total. The minimum absolute atomic E-state index is 0.463. The molecule has 0 saturated heterocycles. The number of hydrogen-bond acceptors (Lipinski definition) is 2. The molecule has 13 heavy (non-hydrogen) atoms. The van der Waals surface area contributed by atoms with Gasteiger partial charge in [-0.15, -0.1) is 0 Å². The minimum atomic E-state index is -0.463. The van der Waals surface area contributed by atoms with E-state index in [0.29, 0.717) is 11.3 Å². The van der Waals surface area contributed by atoms with Gasteiger partial charge >= 0.3 is 0 Å². The lowest BCUT2D eigenvalue weighted by molar-refractivity contribution is 0.108. The molecule has 0 atom stereocenters. The van der Waals surface area contributed by atoms with Crippen molar-refractivity contribution >= 4 is 22.6 Å². The van der Waals surface area contributed by atoms with Crippen LogP contribution in [0.2, 0.25) is 0 Å². The lowest BCUT2D eigenvalue weighted by Gasteiger charge is -2.03. The van der Waals surface area contributed by atoms with Crippen LogP contribution in [-0.2, 0) is 4.74 Å². The first-order valence-corrected chi connectivity index (χ1v) is 4.06. The standard InChI is InChI=1S/C10H9ClO2/c1-7(13-2)8-3-5-9(6-4-8)10(11)12/h3-6H,1H2,2H3. The van der Waals surface area contributed by atoms with E-state index in [4.69, 9.17) is 16.3 Å². The molecule has 0 bridgehead atoms. The molecular formula is C10H9ClO2. The van der Waals surface area contributed by atoms with Crippen molar-refractivity contribution < 1.29 is 9.53 Å². The molecular weight excluding hydrogens is 188 g/mol. The maximum atomic E-state index is 10.7. The summed E-state index contributed by atoms with van der Waals surface area (Å²) in [6, 6.07) is 6.74. The van der Waals surface area contributed by atoms with Crippen LogP contribution in [0.3, 0.4) is 0 Å². The number of methoxy groups -OCH3 is 1. The van der Waals surface area contributed by atoms with Gasteiger partial charge in [-0.25, -0.2) is 0 Å². The molecule has 0 unspecified atom stereocenters. The zero-order chi connectivity index (χ0) is 9.84. The third kappa shape index (κ3) is 2.33. The maximum Gasteiger partial charge on any atom is 0.252 e. The van der Waals surface area contributed by atoms with E-state index in [1.165, 1.54) is 0 Å². The molecule has 3 heteroatoms. The topological polar surface area (TPSA) is 26.3 Å². The number of carbonyl (C=O) groups excluding carboxylic acids is 1. The van der Waals surface area contributed by atoms with Crippen molar-refractivity contribution in [2.45, 2.75) is 0 Å². The monoisotopic (exact) mass is 196 g/mol. The van der Waals surface area contributed by atoms with Gasteiger partial charge in [0.2, 0.25) is 0 Å². The third-order valence-electron chi connectivity index (χ3n) is 1.68. The van der Waals surface area contributed by atoms with E-state index in [1.54, 1.807) is 31.4 Å². The first kappa shape index (κ1) is 9.81. The Morgan fingerprint density at radius 3 is 2.15 bits per heavy atom. The fraction of sp³-hybridized carbons (Fsp3) is 0.100. The number of carbonyl (C=O) groups is 1. The minimum Gasteiger partial charge on any atom is -0.497 e. The number of halogens is 1. The lowest BCUT2D eigenvalue weighted by Crippen LogP contribution is -1.90. The van der Waals surface area contributed by atoms with Gasteiger partial charge in [-0.3, -0.25) is 4.79 Å². The second kappa shape index (κ2) is 4.10. The molecule has 0 aliphatic rings. The number of rotatable bonds is 3. The van der Waals surface area contributed by atoms with Crippen LogP contribution in [0.15, 0.2) is 30.8 Å². The lowest BCUT2D eigenvalue weighted by atomic mass is 10.1. The number of hydrogen-bond donors (Lipinski definition) is 0. The molecule has 0 spiro atoms. The van der Waals surface area contributed by atoms with E-state index in [-0.39, 0.29) is 0 Å². The van der Waals surface area contributed by atoms with Gasteiger partial charge in [0.15, 0.2) is 0 Å². The number of benzene rings is 1. The molecule has 0 radical (unpaired) electrons. The van der Waals surface area contributed by atoms with Crippen LogP contribution < -0.4 is 0 Å². The van der Waals surface area contributed by atoms with Crippen molar-refractivity contribution in [3.8, 4) is 0 Å². The van der Waals surface area contributed by atoms with Crippen molar-refractivity contribution in [2.75, 3.05) is 7.11 Å². The molecule has 0 heterocycles. The van der Waals surface area contributed by atoms with Crippen LogP contribution in [0.5, 0.6) is 0 Å². The predicted octanol–water partition coefficient (Wildman–Crippen LogP) is 2.68. The van der Waals surface area contributed by atoms with Gasteiger partial charge in [0, 0.05) is 11.1 Å². The summed E-state index contributed by atoms with van der Waals surface area (Å²) in [5, 5.41) is -0.463. The van der Waals surface area contributed by atoms with Crippen LogP contribution in [0.25, 0.3) is 5.76 Å². The molecule has 0 aliphatic heterocycles. The Bertz CT molecular complexity index is 327. The Labute approximate surface area is 81.8 Å². The molecule has 1 aromatic rings. The highest BCUT2D eigenvalue weighted by Gasteiger charge is 2.02. The largest absolute Gasteiger partial charge is 0.497 e. The van der Waals surface area contributed by atoms with Gasteiger partial charge in [0.1, 0.15) is 5.76 Å². The highest BCUT2D eigenvalue weighted by molar-refractivity contribution is 6.67. The molecule has 0 fully saturated rings. The normalized spacial score (nSPS) is 9.38. The van der Waals surface area contributed by atoms with Crippen LogP contribution in [0.1, 0.15) is 15.9 Å². The molecule has 0 aromatic heterocycles. The smallest absolute Gasteiger partial charge is 0.252 e. The molecule has 68 valence electrons. The zero-order valence-electron chi connectivity index (χ0n) is 7.21. The van der Waals surface area contributed by atoms with E-state index in [0.717, 1.165) is 5.56 Å². The average Bonchev–Trinajstić information content (AvgIpc) is 2.17. The highest BCUT2D eigenvalue weighted by Crippen LogP contribution is 2.14. The van der Waals surface area contributed by atoms with Crippen molar-refractivity contribution in [3.05, 3.63) is 42.0 Å². The highest BCUT2D eigenvalue weighted by atomic mass is 35.5.